The third-order valence-corrected chi connectivity index (χ3v) is 6.50. The standard InChI is InChI=1S/C22H19NS2/c1-2-23-20-16-10-9-15-19(20)21(24-17-11-5-3-6-12-17)22(23)25-18-13-7-4-8-14-18/h3-16H,2H2,1H3. The molecule has 1 aromatic heterocycles. The van der Waals surface area contributed by atoms with E-state index in [4.69, 9.17) is 0 Å². The first kappa shape index (κ1) is 16.4. The Morgan fingerprint density at radius 2 is 1.24 bits per heavy atom. The monoisotopic (exact) mass is 361 g/mol. The minimum absolute atomic E-state index is 0.963. The van der Waals surface area contributed by atoms with Gasteiger partial charge < -0.3 is 4.57 Å². The summed E-state index contributed by atoms with van der Waals surface area (Å²) >= 11 is 3.71. The molecule has 0 radical (unpaired) electrons. The molecule has 1 nitrogen and oxygen atoms in total. The van der Waals surface area contributed by atoms with E-state index in [1.807, 2.05) is 23.5 Å². The van der Waals surface area contributed by atoms with Gasteiger partial charge in [0, 0.05) is 21.7 Å². The highest BCUT2D eigenvalue weighted by Gasteiger charge is 2.18. The van der Waals surface area contributed by atoms with E-state index in [1.165, 1.54) is 30.6 Å². The number of para-hydroxylation sites is 1. The number of fused-ring (bicyclic) bond motifs is 1. The fourth-order valence-corrected chi connectivity index (χ4v) is 5.28. The second-order valence-electron chi connectivity index (χ2n) is 5.73. The lowest BCUT2D eigenvalue weighted by Gasteiger charge is -2.10. The van der Waals surface area contributed by atoms with Gasteiger partial charge >= 0.3 is 0 Å². The Morgan fingerprint density at radius 3 is 1.88 bits per heavy atom. The molecule has 1 heterocycles. The van der Waals surface area contributed by atoms with Crippen LogP contribution in [0.15, 0.2) is 105 Å². The summed E-state index contributed by atoms with van der Waals surface area (Å²) in [5.74, 6) is 0. The molecule has 0 amide bonds. The molecule has 0 aliphatic carbocycles. The lowest BCUT2D eigenvalue weighted by molar-refractivity contribution is 0.714. The molecule has 0 N–H and O–H groups in total. The predicted molar refractivity (Wildman–Crippen MR) is 109 cm³/mol. The van der Waals surface area contributed by atoms with Crippen molar-refractivity contribution in [1.82, 2.24) is 4.57 Å². The van der Waals surface area contributed by atoms with Crippen molar-refractivity contribution in [2.24, 2.45) is 0 Å². The number of aryl methyl sites for hydroxylation is 1. The van der Waals surface area contributed by atoms with Crippen LogP contribution in [0.4, 0.5) is 0 Å². The molecule has 0 unspecified atom stereocenters. The molecule has 0 saturated carbocycles. The number of hydrogen-bond acceptors (Lipinski definition) is 2. The highest BCUT2D eigenvalue weighted by molar-refractivity contribution is 8.02. The van der Waals surface area contributed by atoms with Crippen LogP contribution in [0.2, 0.25) is 0 Å². The Balaban J connectivity index is 1.87. The highest BCUT2D eigenvalue weighted by Crippen LogP contribution is 2.44. The third-order valence-electron chi connectivity index (χ3n) is 4.12. The van der Waals surface area contributed by atoms with Crippen molar-refractivity contribution >= 4 is 34.4 Å². The fourth-order valence-electron chi connectivity index (χ4n) is 2.97. The molecule has 4 aromatic rings. The average Bonchev–Trinajstić information content (AvgIpc) is 2.96. The summed E-state index contributed by atoms with van der Waals surface area (Å²) in [6, 6.07) is 30.0. The van der Waals surface area contributed by atoms with E-state index in [9.17, 15) is 0 Å². The smallest absolute Gasteiger partial charge is 0.0949 e. The van der Waals surface area contributed by atoms with Gasteiger partial charge in [0.1, 0.15) is 0 Å². The lowest BCUT2D eigenvalue weighted by Crippen LogP contribution is -1.95. The van der Waals surface area contributed by atoms with E-state index in [0.29, 0.717) is 0 Å². The maximum absolute atomic E-state index is 2.43. The van der Waals surface area contributed by atoms with Crippen molar-refractivity contribution in [2.45, 2.75) is 33.2 Å². The van der Waals surface area contributed by atoms with E-state index in [2.05, 4.69) is 96.4 Å². The first-order chi connectivity index (χ1) is 12.4. The molecule has 124 valence electrons. The van der Waals surface area contributed by atoms with Crippen molar-refractivity contribution in [3.8, 4) is 0 Å². The van der Waals surface area contributed by atoms with Gasteiger partial charge in [0.05, 0.1) is 15.4 Å². The Labute approximate surface area is 157 Å². The summed E-state index contributed by atoms with van der Waals surface area (Å²) in [4.78, 5) is 3.89. The molecule has 0 bridgehead atoms. The van der Waals surface area contributed by atoms with Gasteiger partial charge in [0.2, 0.25) is 0 Å². The topological polar surface area (TPSA) is 4.93 Å². The second-order valence-corrected chi connectivity index (χ2v) is 7.87. The molecule has 0 fully saturated rings. The Hall–Kier alpha value is -2.10. The van der Waals surface area contributed by atoms with Crippen LogP contribution in [0.1, 0.15) is 6.92 Å². The van der Waals surface area contributed by atoms with Gasteiger partial charge in [-0.3, -0.25) is 0 Å². The first-order valence-electron chi connectivity index (χ1n) is 8.44. The van der Waals surface area contributed by atoms with Crippen molar-refractivity contribution < 1.29 is 0 Å². The van der Waals surface area contributed by atoms with E-state index in [-0.39, 0.29) is 0 Å². The zero-order valence-corrected chi connectivity index (χ0v) is 15.7. The van der Waals surface area contributed by atoms with Crippen molar-refractivity contribution in [3.63, 3.8) is 0 Å². The van der Waals surface area contributed by atoms with Crippen molar-refractivity contribution in [1.29, 1.82) is 0 Å². The SMILES string of the molecule is CCn1c(Sc2ccccc2)c(Sc2ccccc2)c2ccccc21. The summed E-state index contributed by atoms with van der Waals surface area (Å²) in [6.45, 7) is 3.18. The van der Waals surface area contributed by atoms with Gasteiger partial charge in [-0.15, -0.1) is 0 Å². The molecule has 0 aliphatic rings. The van der Waals surface area contributed by atoms with Crippen molar-refractivity contribution in [2.75, 3.05) is 0 Å². The summed E-state index contributed by atoms with van der Waals surface area (Å²) in [5.41, 5.74) is 1.31. The Bertz CT molecular complexity index is 975. The zero-order chi connectivity index (χ0) is 17.1. The molecule has 3 heteroatoms. The van der Waals surface area contributed by atoms with Crippen LogP contribution in [-0.4, -0.2) is 4.57 Å². The Morgan fingerprint density at radius 1 is 0.680 bits per heavy atom. The van der Waals surface area contributed by atoms with Gasteiger partial charge in [-0.05, 0) is 37.3 Å². The summed E-state index contributed by atoms with van der Waals surface area (Å²) in [5, 5.41) is 2.65. The van der Waals surface area contributed by atoms with Crippen LogP contribution in [-0.2, 0) is 6.54 Å². The zero-order valence-electron chi connectivity index (χ0n) is 14.1. The number of aromatic nitrogens is 1. The normalized spacial score (nSPS) is 11.1. The highest BCUT2D eigenvalue weighted by atomic mass is 32.2. The van der Waals surface area contributed by atoms with Gasteiger partial charge in [0.25, 0.3) is 0 Å². The number of benzene rings is 3. The van der Waals surface area contributed by atoms with Gasteiger partial charge in [0.15, 0.2) is 0 Å². The van der Waals surface area contributed by atoms with Crippen LogP contribution in [0.3, 0.4) is 0 Å². The number of hydrogen-bond donors (Lipinski definition) is 0. The van der Waals surface area contributed by atoms with Gasteiger partial charge in [-0.25, -0.2) is 0 Å². The van der Waals surface area contributed by atoms with E-state index in [0.717, 1.165) is 6.54 Å². The quantitative estimate of drug-likeness (QED) is 0.378. The minimum Gasteiger partial charge on any atom is -0.335 e. The molecule has 4 rings (SSSR count). The minimum atomic E-state index is 0.963. The van der Waals surface area contributed by atoms with Crippen LogP contribution in [0, 0.1) is 0 Å². The summed E-state index contributed by atoms with van der Waals surface area (Å²) in [7, 11) is 0. The molecule has 0 aliphatic heterocycles. The summed E-state index contributed by atoms with van der Waals surface area (Å²) < 4.78 is 2.43. The maximum Gasteiger partial charge on any atom is 0.0949 e. The van der Waals surface area contributed by atoms with E-state index < -0.39 is 0 Å². The van der Waals surface area contributed by atoms with E-state index >= 15 is 0 Å². The Kier molecular flexibility index (Phi) is 4.86. The third kappa shape index (κ3) is 3.35. The van der Waals surface area contributed by atoms with Crippen LogP contribution in [0.5, 0.6) is 0 Å². The molecular weight excluding hydrogens is 342 g/mol. The number of rotatable bonds is 5. The van der Waals surface area contributed by atoms with Crippen LogP contribution in [0.25, 0.3) is 10.9 Å². The largest absolute Gasteiger partial charge is 0.335 e. The molecule has 25 heavy (non-hydrogen) atoms. The molecule has 0 saturated heterocycles. The van der Waals surface area contributed by atoms with Gasteiger partial charge in [-0.1, -0.05) is 78.1 Å². The van der Waals surface area contributed by atoms with Crippen LogP contribution >= 0.6 is 23.5 Å². The average molecular weight is 362 g/mol. The lowest BCUT2D eigenvalue weighted by atomic mass is 10.2. The van der Waals surface area contributed by atoms with Crippen LogP contribution < -0.4 is 0 Å². The molecule has 3 aromatic carbocycles. The predicted octanol–water partition coefficient (Wildman–Crippen LogP) is 6.96. The summed E-state index contributed by atoms with van der Waals surface area (Å²) in [6.07, 6.45) is 0. The fraction of sp³-hybridized carbons (Fsp3) is 0.0909. The van der Waals surface area contributed by atoms with E-state index in [1.54, 1.807) is 0 Å². The number of nitrogens with zero attached hydrogens (tertiary/aromatic N) is 1. The molecule has 0 spiro atoms. The van der Waals surface area contributed by atoms with Crippen molar-refractivity contribution in [3.05, 3.63) is 84.9 Å². The first-order valence-corrected chi connectivity index (χ1v) is 10.1. The second kappa shape index (κ2) is 7.42. The van der Waals surface area contributed by atoms with Gasteiger partial charge in [-0.2, -0.15) is 0 Å². The molecular formula is C22H19NS2. The molecule has 0 atom stereocenters. The maximum atomic E-state index is 2.43.